The summed E-state index contributed by atoms with van der Waals surface area (Å²) in [7, 11) is 0. The molecule has 132 valence electrons. The van der Waals surface area contributed by atoms with Crippen LogP contribution < -0.4 is 21.1 Å². The van der Waals surface area contributed by atoms with Crippen LogP contribution in [0.25, 0.3) is 0 Å². The smallest absolute Gasteiger partial charge is 0.312 e. The van der Waals surface area contributed by atoms with E-state index in [-0.39, 0.29) is 11.9 Å². The molecule has 0 heterocycles. The quantitative estimate of drug-likeness (QED) is 0.716. The van der Waals surface area contributed by atoms with E-state index in [9.17, 15) is 9.59 Å². The maximum atomic E-state index is 12.1. The first-order valence-corrected chi connectivity index (χ1v) is 8.62. The molecule has 4 N–H and O–H groups in total. The summed E-state index contributed by atoms with van der Waals surface area (Å²) in [5.41, 5.74) is 6.06. The van der Waals surface area contributed by atoms with Gasteiger partial charge in [-0.1, -0.05) is 19.1 Å². The van der Waals surface area contributed by atoms with E-state index in [0.29, 0.717) is 6.10 Å². The molecular weight excluding hydrogens is 306 g/mol. The Hall–Kier alpha value is -2.24. The van der Waals surface area contributed by atoms with Crippen LogP contribution in [-0.2, 0) is 4.79 Å². The Bertz CT molecular complexity index is 553. The third-order valence-electron chi connectivity index (χ3n) is 4.36. The minimum atomic E-state index is -0.709. The zero-order valence-electron chi connectivity index (χ0n) is 14.4. The van der Waals surface area contributed by atoms with Gasteiger partial charge in [-0.3, -0.25) is 4.79 Å². The molecule has 1 aliphatic rings. The molecule has 1 fully saturated rings. The maximum absolute atomic E-state index is 12.1. The molecule has 24 heavy (non-hydrogen) atoms. The fourth-order valence-electron chi connectivity index (χ4n) is 2.97. The van der Waals surface area contributed by atoms with Crippen LogP contribution in [0.1, 0.15) is 57.6 Å². The van der Waals surface area contributed by atoms with Crippen molar-refractivity contribution >= 4 is 11.9 Å². The Morgan fingerprint density at radius 2 is 1.83 bits per heavy atom. The number of carbonyl (C=O) groups is 2. The van der Waals surface area contributed by atoms with Gasteiger partial charge < -0.3 is 21.1 Å². The number of nitrogens with one attached hydrogen (secondary N) is 2. The molecule has 0 aliphatic heterocycles. The van der Waals surface area contributed by atoms with Gasteiger partial charge in [0.05, 0.1) is 12.1 Å². The van der Waals surface area contributed by atoms with Gasteiger partial charge in [-0.25, -0.2) is 4.79 Å². The van der Waals surface area contributed by atoms with Crippen LogP contribution in [0.5, 0.6) is 5.75 Å². The van der Waals surface area contributed by atoms with E-state index in [1.807, 2.05) is 31.2 Å². The molecule has 0 saturated heterocycles. The first-order chi connectivity index (χ1) is 11.5. The third-order valence-corrected chi connectivity index (χ3v) is 4.36. The van der Waals surface area contributed by atoms with Crippen LogP contribution in [0.2, 0.25) is 0 Å². The number of hydrogen-bond donors (Lipinski definition) is 3. The molecule has 2 atom stereocenters. The van der Waals surface area contributed by atoms with Crippen LogP contribution in [0.3, 0.4) is 0 Å². The number of amides is 3. The monoisotopic (exact) mass is 333 g/mol. The maximum Gasteiger partial charge on any atom is 0.312 e. The lowest BCUT2D eigenvalue weighted by Gasteiger charge is -2.21. The molecule has 2 rings (SSSR count). The Balaban J connectivity index is 1.94. The molecule has 1 aromatic rings. The van der Waals surface area contributed by atoms with E-state index >= 15 is 0 Å². The molecule has 3 amide bonds. The van der Waals surface area contributed by atoms with Crippen LogP contribution in [0, 0.1) is 0 Å². The standard InChI is InChI=1S/C18H27N3O3/c1-3-16(21-17(22)12(2)20-18(19)23)13-8-10-15(11-9-13)24-14-6-4-5-7-14/h8-12,14,16H,3-7H2,1-2H3,(H,21,22)(H3,19,20,23). The van der Waals surface area contributed by atoms with Gasteiger partial charge in [0, 0.05) is 0 Å². The van der Waals surface area contributed by atoms with E-state index in [1.54, 1.807) is 6.92 Å². The van der Waals surface area contributed by atoms with Crippen molar-refractivity contribution in [3.05, 3.63) is 29.8 Å². The van der Waals surface area contributed by atoms with E-state index in [4.69, 9.17) is 10.5 Å². The molecule has 2 unspecified atom stereocenters. The Morgan fingerprint density at radius 1 is 1.21 bits per heavy atom. The second-order valence-corrected chi connectivity index (χ2v) is 6.29. The van der Waals surface area contributed by atoms with Gasteiger partial charge in [0.25, 0.3) is 0 Å². The van der Waals surface area contributed by atoms with E-state index in [1.165, 1.54) is 12.8 Å². The average Bonchev–Trinajstić information content (AvgIpc) is 3.05. The lowest BCUT2D eigenvalue weighted by molar-refractivity contribution is -0.123. The Kier molecular flexibility index (Phi) is 6.46. The third kappa shape index (κ3) is 5.15. The lowest BCUT2D eigenvalue weighted by Crippen LogP contribution is -2.47. The van der Waals surface area contributed by atoms with Crippen LogP contribution in [0.15, 0.2) is 24.3 Å². The summed E-state index contributed by atoms with van der Waals surface area (Å²) in [6.07, 6.45) is 5.81. The summed E-state index contributed by atoms with van der Waals surface area (Å²) in [4.78, 5) is 22.9. The van der Waals surface area contributed by atoms with Crippen molar-refractivity contribution in [1.82, 2.24) is 10.6 Å². The van der Waals surface area contributed by atoms with Crippen LogP contribution >= 0.6 is 0 Å². The number of carbonyl (C=O) groups excluding carboxylic acids is 2. The highest BCUT2D eigenvalue weighted by Crippen LogP contribution is 2.26. The van der Waals surface area contributed by atoms with Gasteiger partial charge >= 0.3 is 6.03 Å². The number of urea groups is 1. The van der Waals surface area contributed by atoms with Crippen LogP contribution in [-0.4, -0.2) is 24.1 Å². The lowest BCUT2D eigenvalue weighted by atomic mass is 10.0. The molecule has 6 heteroatoms. The number of rotatable bonds is 7. The molecular formula is C18H27N3O3. The Morgan fingerprint density at radius 3 is 2.38 bits per heavy atom. The number of benzene rings is 1. The topological polar surface area (TPSA) is 93.5 Å². The highest BCUT2D eigenvalue weighted by molar-refractivity contribution is 5.86. The van der Waals surface area contributed by atoms with Crippen LogP contribution in [0.4, 0.5) is 4.79 Å². The summed E-state index contributed by atoms with van der Waals surface area (Å²) in [6.45, 7) is 3.60. The fraction of sp³-hybridized carbons (Fsp3) is 0.556. The van der Waals surface area contributed by atoms with Gasteiger partial charge in [-0.2, -0.15) is 0 Å². The fourth-order valence-corrected chi connectivity index (χ4v) is 2.97. The summed E-state index contributed by atoms with van der Waals surface area (Å²) in [6, 6.07) is 6.37. The highest BCUT2D eigenvalue weighted by atomic mass is 16.5. The molecule has 0 aromatic heterocycles. The van der Waals surface area contributed by atoms with Crippen molar-refractivity contribution in [2.45, 2.75) is 64.1 Å². The second-order valence-electron chi connectivity index (χ2n) is 6.29. The van der Waals surface area contributed by atoms with Gasteiger partial charge in [0.1, 0.15) is 11.8 Å². The summed E-state index contributed by atoms with van der Waals surface area (Å²) < 4.78 is 5.96. The van der Waals surface area contributed by atoms with Crippen molar-refractivity contribution in [1.29, 1.82) is 0 Å². The summed E-state index contributed by atoms with van der Waals surface area (Å²) in [5, 5.41) is 5.31. The number of ether oxygens (including phenoxy) is 1. The first kappa shape index (κ1) is 18.1. The molecule has 1 aromatic carbocycles. The van der Waals surface area contributed by atoms with Crippen molar-refractivity contribution < 1.29 is 14.3 Å². The number of primary amides is 1. The normalized spacial score (nSPS) is 17.1. The number of hydrogen-bond acceptors (Lipinski definition) is 3. The largest absolute Gasteiger partial charge is 0.490 e. The molecule has 0 radical (unpaired) electrons. The van der Waals surface area contributed by atoms with Crippen molar-refractivity contribution in [3.8, 4) is 5.75 Å². The predicted octanol–water partition coefficient (Wildman–Crippen LogP) is 2.63. The highest BCUT2D eigenvalue weighted by Gasteiger charge is 2.19. The average molecular weight is 333 g/mol. The molecule has 0 spiro atoms. The van der Waals surface area contributed by atoms with Crippen molar-refractivity contribution in [2.24, 2.45) is 5.73 Å². The minimum absolute atomic E-state index is 0.116. The summed E-state index contributed by atoms with van der Waals surface area (Å²) >= 11 is 0. The van der Waals surface area contributed by atoms with Gasteiger partial charge in [-0.15, -0.1) is 0 Å². The van der Waals surface area contributed by atoms with Crippen molar-refractivity contribution in [2.75, 3.05) is 0 Å². The Labute approximate surface area is 143 Å². The number of nitrogens with two attached hydrogens (primary N) is 1. The minimum Gasteiger partial charge on any atom is -0.490 e. The molecule has 1 aliphatic carbocycles. The van der Waals surface area contributed by atoms with E-state index in [0.717, 1.165) is 30.6 Å². The SMILES string of the molecule is CCC(NC(=O)C(C)NC(N)=O)c1ccc(OC2CCCC2)cc1. The predicted molar refractivity (Wildman–Crippen MR) is 92.7 cm³/mol. The molecule has 6 nitrogen and oxygen atoms in total. The van der Waals surface area contributed by atoms with Crippen molar-refractivity contribution in [3.63, 3.8) is 0 Å². The molecule has 1 saturated carbocycles. The second kappa shape index (κ2) is 8.57. The van der Waals surface area contributed by atoms with E-state index in [2.05, 4.69) is 10.6 Å². The van der Waals surface area contributed by atoms with E-state index < -0.39 is 12.1 Å². The summed E-state index contributed by atoms with van der Waals surface area (Å²) in [5.74, 6) is 0.613. The van der Waals surface area contributed by atoms with Gasteiger partial charge in [-0.05, 0) is 56.7 Å². The zero-order valence-corrected chi connectivity index (χ0v) is 14.4. The zero-order chi connectivity index (χ0) is 17.5. The van der Waals surface area contributed by atoms with Gasteiger partial charge in [0.15, 0.2) is 0 Å². The van der Waals surface area contributed by atoms with Gasteiger partial charge in [0.2, 0.25) is 5.91 Å². The first-order valence-electron chi connectivity index (χ1n) is 8.62. The molecule has 0 bridgehead atoms.